The third kappa shape index (κ3) is 3.01. The van der Waals surface area contributed by atoms with Crippen LogP contribution in [0.3, 0.4) is 0 Å². The summed E-state index contributed by atoms with van der Waals surface area (Å²) in [4.78, 5) is 17.8. The highest BCUT2D eigenvalue weighted by Crippen LogP contribution is 2.49. The second-order valence-corrected chi connectivity index (χ2v) is 8.25. The molecule has 0 bridgehead atoms. The minimum atomic E-state index is -0.0429. The van der Waals surface area contributed by atoms with E-state index in [9.17, 15) is 4.79 Å². The van der Waals surface area contributed by atoms with E-state index in [0.717, 1.165) is 16.4 Å². The lowest BCUT2D eigenvalue weighted by Gasteiger charge is -2.20. The molecule has 1 fully saturated rings. The van der Waals surface area contributed by atoms with Crippen LogP contribution in [0.1, 0.15) is 0 Å². The number of carbonyl (C=O) groups excluding carboxylic acids is 1. The minimum absolute atomic E-state index is 0.0429. The smallest absolute Gasteiger partial charge is 0.265 e. The second-order valence-electron chi connectivity index (χ2n) is 5.51. The van der Waals surface area contributed by atoms with Gasteiger partial charge in [0.05, 0.1) is 15.6 Å². The number of para-hydroxylation sites is 2. The zero-order valence-electron chi connectivity index (χ0n) is 13.4. The average Bonchev–Trinajstić information content (AvgIpc) is 3.13. The number of rotatable bonds is 2. The first-order chi connectivity index (χ1) is 12.1. The fourth-order valence-corrected chi connectivity index (χ4v) is 4.85. The predicted octanol–water partition coefficient (Wildman–Crippen LogP) is 5.15. The summed E-state index contributed by atoms with van der Waals surface area (Å²) in [7, 11) is 1.71. The highest BCUT2D eigenvalue weighted by atomic mass is 32.2. The van der Waals surface area contributed by atoms with E-state index in [0.29, 0.717) is 9.23 Å². The van der Waals surface area contributed by atoms with Crippen molar-refractivity contribution in [2.24, 2.45) is 0 Å². The van der Waals surface area contributed by atoms with E-state index in [1.54, 1.807) is 18.8 Å². The third-order valence-electron chi connectivity index (χ3n) is 3.92. The Balaban J connectivity index is 1.74. The van der Waals surface area contributed by atoms with Crippen molar-refractivity contribution < 1.29 is 4.79 Å². The van der Waals surface area contributed by atoms with Crippen LogP contribution in [0.25, 0.3) is 0 Å². The van der Waals surface area contributed by atoms with Crippen molar-refractivity contribution in [3.63, 3.8) is 0 Å². The van der Waals surface area contributed by atoms with Crippen LogP contribution in [0.2, 0.25) is 0 Å². The molecule has 3 nitrogen and oxygen atoms in total. The van der Waals surface area contributed by atoms with Crippen molar-refractivity contribution in [2.75, 3.05) is 11.9 Å². The van der Waals surface area contributed by atoms with Gasteiger partial charge in [0.25, 0.3) is 5.91 Å². The van der Waals surface area contributed by atoms with Gasteiger partial charge in [0, 0.05) is 17.6 Å². The molecule has 2 aromatic rings. The number of fused-ring (bicyclic) bond motifs is 1. The van der Waals surface area contributed by atoms with E-state index in [1.807, 2.05) is 42.5 Å². The first-order valence-corrected chi connectivity index (χ1v) is 9.73. The molecule has 1 saturated heterocycles. The highest BCUT2D eigenvalue weighted by Gasteiger charge is 2.29. The summed E-state index contributed by atoms with van der Waals surface area (Å²) in [6, 6.07) is 18.5. The molecule has 0 saturated carbocycles. The lowest BCUT2D eigenvalue weighted by molar-refractivity contribution is -0.121. The van der Waals surface area contributed by atoms with Gasteiger partial charge in [0.2, 0.25) is 0 Å². The van der Waals surface area contributed by atoms with Crippen LogP contribution < -0.4 is 4.90 Å². The molecule has 6 heteroatoms. The molecule has 0 N–H and O–H groups in total. The topological polar surface area (TPSA) is 23.6 Å². The van der Waals surface area contributed by atoms with Gasteiger partial charge in [-0.25, -0.2) is 0 Å². The maximum atomic E-state index is 12.2. The molecule has 0 aromatic heterocycles. The summed E-state index contributed by atoms with van der Waals surface area (Å²) in [6.45, 7) is 0. The fraction of sp³-hybridized carbons (Fsp3) is 0.0526. The van der Waals surface area contributed by atoms with Crippen molar-refractivity contribution in [3.05, 3.63) is 76.7 Å². The molecular weight excluding hydrogens is 368 g/mol. The molecule has 0 unspecified atom stereocenters. The molecule has 0 spiro atoms. The summed E-state index contributed by atoms with van der Waals surface area (Å²) in [6.07, 6.45) is 3.87. The van der Waals surface area contributed by atoms with Crippen LogP contribution in [0.15, 0.2) is 81.6 Å². The summed E-state index contributed by atoms with van der Waals surface area (Å²) in [5.41, 5.74) is 2.25. The number of benzene rings is 2. The van der Waals surface area contributed by atoms with E-state index in [-0.39, 0.29) is 5.91 Å². The lowest BCUT2D eigenvalue weighted by atomic mass is 10.2. The number of carbonyl (C=O) groups is 1. The van der Waals surface area contributed by atoms with Gasteiger partial charge in [0.15, 0.2) is 0 Å². The van der Waals surface area contributed by atoms with Crippen molar-refractivity contribution in [3.8, 4) is 0 Å². The van der Waals surface area contributed by atoms with Gasteiger partial charge in [-0.3, -0.25) is 9.69 Å². The molecular formula is C19H14N2OS3. The van der Waals surface area contributed by atoms with Crippen LogP contribution in [-0.2, 0) is 4.79 Å². The number of thioether (sulfide) groups is 2. The van der Waals surface area contributed by atoms with Gasteiger partial charge in [0.1, 0.15) is 4.32 Å². The van der Waals surface area contributed by atoms with Gasteiger partial charge in [-0.1, -0.05) is 66.1 Å². The number of likely N-dealkylation sites (N-methyl/N-ethyl adjacent to an activating group) is 1. The SMILES string of the molecule is CN1C(=O)/C(=C/C=C2/Sc3ccccc3N2c2ccccc2)SC1=S. The molecule has 2 aliphatic heterocycles. The van der Waals surface area contributed by atoms with Crippen LogP contribution in [0, 0.1) is 0 Å². The van der Waals surface area contributed by atoms with E-state index in [4.69, 9.17) is 12.2 Å². The highest BCUT2D eigenvalue weighted by molar-refractivity contribution is 8.26. The van der Waals surface area contributed by atoms with Gasteiger partial charge in [-0.05, 0) is 36.4 Å². The zero-order chi connectivity index (χ0) is 17.4. The number of hydrogen-bond acceptors (Lipinski definition) is 5. The van der Waals surface area contributed by atoms with Crippen LogP contribution in [0.4, 0.5) is 11.4 Å². The van der Waals surface area contributed by atoms with Crippen LogP contribution in [-0.4, -0.2) is 22.2 Å². The Hall–Kier alpha value is -2.02. The summed E-state index contributed by atoms with van der Waals surface area (Å²) in [5, 5.41) is 1.06. The first-order valence-electron chi connectivity index (χ1n) is 7.69. The van der Waals surface area contributed by atoms with E-state index >= 15 is 0 Å². The van der Waals surface area contributed by atoms with Crippen molar-refractivity contribution in [2.45, 2.75) is 4.90 Å². The predicted molar refractivity (Wildman–Crippen MR) is 110 cm³/mol. The molecule has 124 valence electrons. The van der Waals surface area contributed by atoms with E-state index in [2.05, 4.69) is 29.2 Å². The molecule has 25 heavy (non-hydrogen) atoms. The summed E-state index contributed by atoms with van der Waals surface area (Å²) in [5.74, 6) is -0.0429. The van der Waals surface area contributed by atoms with E-state index in [1.165, 1.54) is 21.6 Å². The Morgan fingerprint density at radius 3 is 2.40 bits per heavy atom. The molecule has 2 heterocycles. The van der Waals surface area contributed by atoms with Gasteiger partial charge >= 0.3 is 0 Å². The normalized spacial score (nSPS) is 20.0. The Labute approximate surface area is 160 Å². The largest absolute Gasteiger partial charge is 0.303 e. The molecule has 1 amide bonds. The number of hydrogen-bond donors (Lipinski definition) is 0. The van der Waals surface area contributed by atoms with Crippen LogP contribution >= 0.6 is 35.7 Å². The van der Waals surface area contributed by atoms with Crippen molar-refractivity contribution >= 4 is 57.3 Å². The monoisotopic (exact) mass is 382 g/mol. The molecule has 2 aliphatic rings. The molecule has 0 atom stereocenters. The Morgan fingerprint density at radius 1 is 0.960 bits per heavy atom. The standard InChI is InChI=1S/C19H14N2OS3/c1-20-18(22)16(25-19(20)23)11-12-17-21(13-7-3-2-4-8-13)14-9-5-6-10-15(14)24-17/h2-12H,1H3/b16-11-,17-12+. The third-order valence-corrected chi connectivity index (χ3v) is 6.52. The Kier molecular flexibility index (Phi) is 4.41. The Bertz CT molecular complexity index is 921. The number of amides is 1. The van der Waals surface area contributed by atoms with Crippen molar-refractivity contribution in [1.82, 2.24) is 4.90 Å². The molecule has 0 radical (unpaired) electrons. The van der Waals surface area contributed by atoms with Crippen molar-refractivity contribution in [1.29, 1.82) is 0 Å². The lowest BCUT2D eigenvalue weighted by Crippen LogP contribution is -2.22. The first kappa shape index (κ1) is 16.4. The molecule has 0 aliphatic carbocycles. The average molecular weight is 383 g/mol. The second kappa shape index (κ2) is 6.71. The molecule has 2 aromatic carbocycles. The fourth-order valence-electron chi connectivity index (χ4n) is 2.66. The number of allylic oxidation sites excluding steroid dienone is 2. The number of nitrogens with zero attached hydrogens (tertiary/aromatic N) is 2. The maximum absolute atomic E-state index is 12.2. The van der Waals surface area contributed by atoms with E-state index < -0.39 is 0 Å². The minimum Gasteiger partial charge on any atom is -0.303 e. The maximum Gasteiger partial charge on any atom is 0.265 e. The summed E-state index contributed by atoms with van der Waals surface area (Å²) >= 11 is 8.24. The van der Waals surface area contributed by atoms with Gasteiger partial charge in [-0.2, -0.15) is 0 Å². The van der Waals surface area contributed by atoms with Gasteiger partial charge in [-0.15, -0.1) is 0 Å². The number of anilines is 2. The molecule has 4 rings (SSSR count). The Morgan fingerprint density at radius 2 is 1.68 bits per heavy atom. The number of thiocarbonyl (C=S) groups is 1. The van der Waals surface area contributed by atoms with Crippen LogP contribution in [0.5, 0.6) is 0 Å². The zero-order valence-corrected chi connectivity index (χ0v) is 15.8. The van der Waals surface area contributed by atoms with Gasteiger partial charge < -0.3 is 4.90 Å². The summed E-state index contributed by atoms with van der Waals surface area (Å²) < 4.78 is 0.594. The quantitative estimate of drug-likeness (QED) is 0.528.